The number of unbranched alkanes of at least 4 members (excludes halogenated alkanes) is 4. The highest BCUT2D eigenvalue weighted by atomic mass is 16.3. The summed E-state index contributed by atoms with van der Waals surface area (Å²) in [5, 5.41) is 9.90. The van der Waals surface area contributed by atoms with Gasteiger partial charge in [0.1, 0.15) is 6.29 Å². The topological polar surface area (TPSA) is 37.3 Å². The van der Waals surface area contributed by atoms with Crippen LogP contribution in [0.15, 0.2) is 30.3 Å². The zero-order valence-electron chi connectivity index (χ0n) is 14.3. The summed E-state index contributed by atoms with van der Waals surface area (Å²) < 4.78 is 0. The van der Waals surface area contributed by atoms with Gasteiger partial charge in [-0.1, -0.05) is 75.8 Å². The Morgan fingerprint density at radius 3 is 2.27 bits per heavy atom. The van der Waals surface area contributed by atoms with E-state index in [2.05, 4.69) is 6.92 Å². The predicted octanol–water partition coefficient (Wildman–Crippen LogP) is 5.03. The number of aliphatic hydroxyl groups excluding tert-OH is 1. The maximum atomic E-state index is 11.5. The fourth-order valence-corrected chi connectivity index (χ4v) is 2.91. The highest BCUT2D eigenvalue weighted by Gasteiger charge is 2.25. The van der Waals surface area contributed by atoms with Crippen molar-refractivity contribution in [3.05, 3.63) is 35.9 Å². The van der Waals surface area contributed by atoms with Crippen molar-refractivity contribution >= 4 is 6.29 Å². The molecule has 0 amide bonds. The Balaban J connectivity index is 2.24. The van der Waals surface area contributed by atoms with Gasteiger partial charge in [0, 0.05) is 5.41 Å². The van der Waals surface area contributed by atoms with Crippen LogP contribution in [-0.4, -0.2) is 17.5 Å². The second-order valence-electron chi connectivity index (χ2n) is 6.65. The number of aliphatic hydroxyl groups is 1. The first-order valence-electron chi connectivity index (χ1n) is 8.82. The normalized spacial score (nSPS) is 15.2. The SMILES string of the molecule is CCCCCC(O)CCCCCC(C)(C=O)c1ccccc1. The lowest BCUT2D eigenvalue weighted by atomic mass is 9.79. The molecule has 0 saturated carbocycles. The molecule has 1 rings (SSSR count). The van der Waals surface area contributed by atoms with Gasteiger partial charge >= 0.3 is 0 Å². The molecule has 0 fully saturated rings. The molecule has 22 heavy (non-hydrogen) atoms. The van der Waals surface area contributed by atoms with Gasteiger partial charge in [-0.25, -0.2) is 0 Å². The van der Waals surface area contributed by atoms with Gasteiger partial charge in [0.25, 0.3) is 0 Å². The Bertz CT molecular complexity index is 401. The van der Waals surface area contributed by atoms with Crippen molar-refractivity contribution in [2.24, 2.45) is 0 Å². The molecule has 0 aliphatic rings. The second kappa shape index (κ2) is 10.6. The van der Waals surface area contributed by atoms with E-state index < -0.39 is 0 Å². The summed E-state index contributed by atoms with van der Waals surface area (Å²) in [5.41, 5.74) is 0.727. The lowest BCUT2D eigenvalue weighted by Crippen LogP contribution is -2.23. The molecule has 124 valence electrons. The third kappa shape index (κ3) is 6.74. The van der Waals surface area contributed by atoms with Gasteiger partial charge in [0.2, 0.25) is 0 Å². The van der Waals surface area contributed by atoms with E-state index in [1.807, 2.05) is 37.3 Å². The van der Waals surface area contributed by atoms with Crippen LogP contribution in [0.4, 0.5) is 0 Å². The van der Waals surface area contributed by atoms with Crippen LogP contribution >= 0.6 is 0 Å². The number of carbonyl (C=O) groups excluding carboxylic acids is 1. The van der Waals surface area contributed by atoms with Crippen LogP contribution in [0.2, 0.25) is 0 Å². The molecule has 2 unspecified atom stereocenters. The van der Waals surface area contributed by atoms with Crippen LogP contribution in [-0.2, 0) is 10.2 Å². The molecule has 0 aliphatic carbocycles. The molecule has 2 atom stereocenters. The summed E-state index contributed by atoms with van der Waals surface area (Å²) >= 11 is 0. The quantitative estimate of drug-likeness (QED) is 0.434. The third-order valence-corrected chi connectivity index (χ3v) is 4.57. The first-order chi connectivity index (χ1) is 10.6. The van der Waals surface area contributed by atoms with Gasteiger partial charge in [0.05, 0.1) is 6.10 Å². The van der Waals surface area contributed by atoms with E-state index in [9.17, 15) is 9.90 Å². The number of benzene rings is 1. The average Bonchev–Trinajstić information content (AvgIpc) is 2.55. The van der Waals surface area contributed by atoms with Crippen LogP contribution in [0.25, 0.3) is 0 Å². The molecule has 1 N–H and O–H groups in total. The van der Waals surface area contributed by atoms with E-state index in [0.717, 1.165) is 56.8 Å². The average molecular weight is 304 g/mol. The molecule has 1 aromatic rings. The molecule has 0 spiro atoms. The summed E-state index contributed by atoms with van der Waals surface area (Å²) in [6.45, 7) is 4.21. The van der Waals surface area contributed by atoms with E-state index in [0.29, 0.717) is 0 Å². The molecule has 0 aromatic heterocycles. The van der Waals surface area contributed by atoms with Crippen LogP contribution < -0.4 is 0 Å². The Morgan fingerprint density at radius 2 is 1.68 bits per heavy atom. The van der Waals surface area contributed by atoms with Gasteiger partial charge < -0.3 is 9.90 Å². The summed E-state index contributed by atoms with van der Waals surface area (Å²) in [6, 6.07) is 10.0. The van der Waals surface area contributed by atoms with E-state index in [4.69, 9.17) is 0 Å². The fraction of sp³-hybridized carbons (Fsp3) is 0.650. The fourth-order valence-electron chi connectivity index (χ4n) is 2.91. The molecule has 0 heterocycles. The first kappa shape index (κ1) is 18.9. The van der Waals surface area contributed by atoms with Crippen molar-refractivity contribution in [1.29, 1.82) is 0 Å². The Hall–Kier alpha value is -1.15. The smallest absolute Gasteiger partial charge is 0.130 e. The number of rotatable bonds is 12. The summed E-state index contributed by atoms with van der Waals surface area (Å²) in [5.74, 6) is 0. The number of aldehydes is 1. The number of hydrogen-bond acceptors (Lipinski definition) is 2. The highest BCUT2D eigenvalue weighted by molar-refractivity contribution is 5.67. The summed E-state index contributed by atoms with van der Waals surface area (Å²) in [7, 11) is 0. The lowest BCUT2D eigenvalue weighted by Gasteiger charge is -2.23. The van der Waals surface area contributed by atoms with Crippen molar-refractivity contribution in [1.82, 2.24) is 0 Å². The van der Waals surface area contributed by atoms with Gasteiger partial charge in [-0.15, -0.1) is 0 Å². The predicted molar refractivity (Wildman–Crippen MR) is 93.1 cm³/mol. The van der Waals surface area contributed by atoms with Gasteiger partial charge in [-0.2, -0.15) is 0 Å². The van der Waals surface area contributed by atoms with Crippen LogP contribution in [0, 0.1) is 0 Å². The minimum atomic E-state index is -0.374. The minimum absolute atomic E-state index is 0.141. The maximum absolute atomic E-state index is 11.5. The van der Waals surface area contributed by atoms with Crippen molar-refractivity contribution in [3.8, 4) is 0 Å². The van der Waals surface area contributed by atoms with E-state index in [1.165, 1.54) is 12.8 Å². The zero-order valence-corrected chi connectivity index (χ0v) is 14.3. The first-order valence-corrected chi connectivity index (χ1v) is 8.82. The summed E-state index contributed by atoms with van der Waals surface area (Å²) in [4.78, 5) is 11.5. The van der Waals surface area contributed by atoms with Crippen molar-refractivity contribution < 1.29 is 9.90 Å². The molecule has 1 aromatic carbocycles. The van der Waals surface area contributed by atoms with Crippen LogP contribution in [0.3, 0.4) is 0 Å². The van der Waals surface area contributed by atoms with Crippen LogP contribution in [0.1, 0.15) is 77.2 Å². The second-order valence-corrected chi connectivity index (χ2v) is 6.65. The Morgan fingerprint density at radius 1 is 1.05 bits per heavy atom. The van der Waals surface area contributed by atoms with Gasteiger partial charge in [-0.05, 0) is 31.7 Å². The molecular formula is C20H32O2. The van der Waals surface area contributed by atoms with Crippen molar-refractivity contribution in [3.63, 3.8) is 0 Å². The van der Waals surface area contributed by atoms with Crippen molar-refractivity contribution in [2.75, 3.05) is 0 Å². The molecule has 0 saturated heterocycles. The van der Waals surface area contributed by atoms with E-state index in [1.54, 1.807) is 0 Å². The molecule has 0 radical (unpaired) electrons. The molecule has 2 heteroatoms. The number of carbonyl (C=O) groups is 1. The lowest BCUT2D eigenvalue weighted by molar-refractivity contribution is -0.112. The Labute approximate surface area is 135 Å². The summed E-state index contributed by atoms with van der Waals surface area (Å²) in [6.07, 6.45) is 10.4. The zero-order chi connectivity index (χ0) is 16.3. The van der Waals surface area contributed by atoms with E-state index >= 15 is 0 Å². The standard InChI is InChI=1S/C20H32O2/c1-3-4-7-14-19(22)15-10-6-11-16-20(2,17-21)18-12-8-5-9-13-18/h5,8-9,12-13,17,19,22H,3-4,6-7,10-11,14-16H2,1-2H3. The molecule has 2 nitrogen and oxygen atoms in total. The Kier molecular flexibility index (Phi) is 9.07. The maximum Gasteiger partial charge on any atom is 0.130 e. The monoisotopic (exact) mass is 304 g/mol. The largest absolute Gasteiger partial charge is 0.393 e. The highest BCUT2D eigenvalue weighted by Crippen LogP contribution is 2.28. The van der Waals surface area contributed by atoms with E-state index in [-0.39, 0.29) is 11.5 Å². The number of hydrogen-bond donors (Lipinski definition) is 1. The molecule has 0 bridgehead atoms. The van der Waals surface area contributed by atoms with Crippen LogP contribution in [0.5, 0.6) is 0 Å². The third-order valence-electron chi connectivity index (χ3n) is 4.57. The molecular weight excluding hydrogens is 272 g/mol. The molecule has 0 aliphatic heterocycles. The van der Waals surface area contributed by atoms with Gasteiger partial charge in [0.15, 0.2) is 0 Å². The minimum Gasteiger partial charge on any atom is -0.393 e. The van der Waals surface area contributed by atoms with Crippen molar-refractivity contribution in [2.45, 2.75) is 83.2 Å². The van der Waals surface area contributed by atoms with Gasteiger partial charge in [-0.3, -0.25) is 0 Å².